The van der Waals surface area contributed by atoms with Crippen LogP contribution in [-0.2, 0) is 9.47 Å². The summed E-state index contributed by atoms with van der Waals surface area (Å²) >= 11 is 0. The summed E-state index contributed by atoms with van der Waals surface area (Å²) in [6.07, 6.45) is 7.17. The Morgan fingerprint density at radius 1 is 0.667 bits per heavy atom. The highest BCUT2D eigenvalue weighted by Gasteiger charge is 2.29. The Morgan fingerprint density at radius 3 is 2.10 bits per heavy atom. The van der Waals surface area contributed by atoms with Crippen molar-refractivity contribution in [3.05, 3.63) is 127 Å². The normalized spacial score (nSPS) is 13.3. The summed E-state index contributed by atoms with van der Waals surface area (Å²) in [5.74, 6) is 1.17. The van der Waals surface area contributed by atoms with Crippen LogP contribution in [0.3, 0.4) is 0 Å². The van der Waals surface area contributed by atoms with Gasteiger partial charge in [-0.3, -0.25) is 4.98 Å². The zero-order valence-corrected chi connectivity index (χ0v) is 33.8. The summed E-state index contributed by atoms with van der Waals surface area (Å²) in [5, 5.41) is 13.1. The molecule has 3 heterocycles. The number of pyridine rings is 2. The molecule has 1 N–H and O–H groups in total. The molecule has 9 rings (SSSR count). The predicted molar refractivity (Wildman–Crippen MR) is 236 cm³/mol. The van der Waals surface area contributed by atoms with Crippen LogP contribution in [0.4, 0.5) is 0 Å². The molecule has 0 bridgehead atoms. The van der Waals surface area contributed by atoms with Gasteiger partial charge >= 0.3 is 5.97 Å². The van der Waals surface area contributed by atoms with Crippen molar-refractivity contribution in [2.75, 3.05) is 40.6 Å². The summed E-state index contributed by atoms with van der Waals surface area (Å²) in [4.78, 5) is 28.8. The fourth-order valence-corrected chi connectivity index (χ4v) is 8.51. The summed E-state index contributed by atoms with van der Waals surface area (Å²) < 4.78 is 24.6. The number of ether oxygens (including phenoxy) is 4. The third-order valence-corrected chi connectivity index (χ3v) is 11.4. The van der Waals surface area contributed by atoms with Gasteiger partial charge in [-0.2, -0.15) is 0 Å². The van der Waals surface area contributed by atoms with Crippen LogP contribution in [0.5, 0.6) is 11.5 Å². The molecule has 1 aliphatic rings. The minimum atomic E-state index is -1.03. The van der Waals surface area contributed by atoms with E-state index in [0.29, 0.717) is 48.8 Å². The van der Waals surface area contributed by atoms with Crippen LogP contribution in [0.1, 0.15) is 48.5 Å². The van der Waals surface area contributed by atoms with E-state index >= 15 is 0 Å². The molecule has 1 aliphatic carbocycles. The molecular formula is C50H46N4O6. The van der Waals surface area contributed by atoms with Crippen LogP contribution < -0.4 is 9.47 Å². The third-order valence-electron chi connectivity index (χ3n) is 11.4. The lowest BCUT2D eigenvalue weighted by Crippen LogP contribution is -2.14. The average Bonchev–Trinajstić information content (AvgIpc) is 3.68. The molecule has 0 atom stereocenters. The van der Waals surface area contributed by atoms with Crippen molar-refractivity contribution in [2.24, 2.45) is 0 Å². The van der Waals surface area contributed by atoms with Crippen molar-refractivity contribution in [3.63, 3.8) is 0 Å². The van der Waals surface area contributed by atoms with E-state index in [9.17, 15) is 9.90 Å². The van der Waals surface area contributed by atoms with E-state index in [1.807, 2.05) is 91.0 Å². The van der Waals surface area contributed by atoms with E-state index in [0.717, 1.165) is 92.5 Å². The molecule has 0 radical (unpaired) electrons. The predicted octanol–water partition coefficient (Wildman–Crippen LogP) is 11.1. The topological polar surface area (TPSA) is 118 Å². The van der Waals surface area contributed by atoms with Crippen LogP contribution in [-0.4, -0.2) is 71.2 Å². The van der Waals surface area contributed by atoms with E-state index in [-0.39, 0.29) is 11.6 Å². The highest BCUT2D eigenvalue weighted by molar-refractivity contribution is 6.12. The van der Waals surface area contributed by atoms with Crippen molar-refractivity contribution in [2.45, 2.75) is 38.1 Å². The largest absolute Gasteiger partial charge is 0.491 e. The lowest BCUT2D eigenvalue weighted by atomic mass is 9.89. The second-order valence-corrected chi connectivity index (χ2v) is 15.2. The lowest BCUT2D eigenvalue weighted by Gasteiger charge is -2.26. The number of hydrogen-bond donors (Lipinski definition) is 1. The van der Waals surface area contributed by atoms with Gasteiger partial charge in [0.1, 0.15) is 30.5 Å². The SMILES string of the molecule is COCCOc1cccc(-c2ccc3cc(-c4nc5c(-c6ccc7ncccc7c6)c(C(=O)O)c(-c6cccc(OCCOC)c6)cc5n4C4CCCCC4)ccc3n2)c1. The van der Waals surface area contributed by atoms with Crippen LogP contribution >= 0.6 is 0 Å². The number of aromatic nitrogens is 4. The van der Waals surface area contributed by atoms with E-state index in [4.69, 9.17) is 28.9 Å². The van der Waals surface area contributed by atoms with E-state index in [1.165, 1.54) is 6.42 Å². The smallest absolute Gasteiger partial charge is 0.337 e. The monoisotopic (exact) mass is 798 g/mol. The van der Waals surface area contributed by atoms with Gasteiger partial charge in [-0.05, 0) is 102 Å². The molecule has 0 unspecified atom stereocenters. The Labute approximate surface area is 348 Å². The molecule has 0 aliphatic heterocycles. The van der Waals surface area contributed by atoms with Gasteiger partial charge in [0.25, 0.3) is 0 Å². The number of hydrogen-bond acceptors (Lipinski definition) is 8. The number of carboxylic acids is 1. The lowest BCUT2D eigenvalue weighted by molar-refractivity contribution is 0.0698. The second kappa shape index (κ2) is 17.3. The van der Waals surface area contributed by atoms with E-state index in [2.05, 4.69) is 33.8 Å². The summed E-state index contributed by atoms with van der Waals surface area (Å²) in [6, 6.07) is 38.1. The molecule has 60 heavy (non-hydrogen) atoms. The maximum atomic E-state index is 13.7. The zero-order valence-electron chi connectivity index (χ0n) is 33.8. The Bertz CT molecular complexity index is 2850. The first-order valence-electron chi connectivity index (χ1n) is 20.5. The molecule has 0 saturated heterocycles. The van der Waals surface area contributed by atoms with Gasteiger partial charge in [-0.25, -0.2) is 14.8 Å². The Kier molecular flexibility index (Phi) is 11.2. The first-order valence-corrected chi connectivity index (χ1v) is 20.5. The highest BCUT2D eigenvalue weighted by atomic mass is 16.5. The van der Waals surface area contributed by atoms with Crippen LogP contribution in [0, 0.1) is 0 Å². The fourth-order valence-electron chi connectivity index (χ4n) is 8.51. The van der Waals surface area contributed by atoms with Gasteiger partial charge in [0.2, 0.25) is 0 Å². The van der Waals surface area contributed by atoms with Gasteiger partial charge in [-0.1, -0.05) is 61.7 Å². The first kappa shape index (κ1) is 38.9. The Balaban J connectivity index is 1.24. The summed E-state index contributed by atoms with van der Waals surface area (Å²) in [7, 11) is 3.29. The summed E-state index contributed by atoms with van der Waals surface area (Å²) in [5.41, 5.74) is 8.83. The average molecular weight is 799 g/mol. The van der Waals surface area contributed by atoms with Crippen molar-refractivity contribution in [1.29, 1.82) is 0 Å². The van der Waals surface area contributed by atoms with Gasteiger partial charge in [0.15, 0.2) is 0 Å². The molecule has 302 valence electrons. The van der Waals surface area contributed by atoms with Gasteiger partial charge in [0, 0.05) is 53.9 Å². The molecule has 3 aromatic heterocycles. The maximum absolute atomic E-state index is 13.7. The molecule has 0 spiro atoms. The van der Waals surface area contributed by atoms with Crippen molar-refractivity contribution in [3.8, 4) is 56.4 Å². The van der Waals surface area contributed by atoms with E-state index < -0.39 is 5.97 Å². The minimum absolute atomic E-state index is 0.175. The Hall–Kier alpha value is -6.62. The first-order chi connectivity index (χ1) is 29.5. The number of rotatable bonds is 14. The third kappa shape index (κ3) is 7.79. The molecule has 10 heteroatoms. The highest BCUT2D eigenvalue weighted by Crippen LogP contribution is 2.45. The number of aromatic carboxylic acids is 1. The number of carbonyl (C=O) groups is 1. The number of methoxy groups -OCH3 is 2. The van der Waals surface area contributed by atoms with Crippen LogP contribution in [0.25, 0.3) is 77.7 Å². The molecule has 5 aromatic carbocycles. The van der Waals surface area contributed by atoms with Crippen molar-refractivity contribution < 1.29 is 28.8 Å². The van der Waals surface area contributed by atoms with Crippen molar-refractivity contribution >= 4 is 38.8 Å². The van der Waals surface area contributed by atoms with Gasteiger partial charge in [0.05, 0.1) is 46.5 Å². The number of fused-ring (bicyclic) bond motifs is 3. The summed E-state index contributed by atoms with van der Waals surface area (Å²) in [6.45, 7) is 1.79. The molecule has 0 amide bonds. The van der Waals surface area contributed by atoms with Gasteiger partial charge < -0.3 is 28.6 Å². The van der Waals surface area contributed by atoms with Crippen LogP contribution in [0.15, 0.2) is 121 Å². The molecule has 1 saturated carbocycles. The molecule has 8 aromatic rings. The Morgan fingerprint density at radius 2 is 1.35 bits per heavy atom. The van der Waals surface area contributed by atoms with Crippen LogP contribution in [0.2, 0.25) is 0 Å². The maximum Gasteiger partial charge on any atom is 0.337 e. The zero-order chi connectivity index (χ0) is 41.0. The molecule has 10 nitrogen and oxygen atoms in total. The standard InChI is InChI=1S/C50H46N4O6/c1-57-23-25-59-39-14-6-9-32(29-39)41-31-45-48(46(47(41)50(55)56)36-17-19-42-33(27-36)11-8-22-51-42)53-49(54(45)38-12-4-3-5-13-38)37-18-21-44-35(28-37)16-20-43(52-44)34-10-7-15-40(30-34)60-26-24-58-2/h6-11,14-22,27-31,38H,3-5,12-13,23-26H2,1-2H3,(H,55,56). The number of nitrogens with zero attached hydrogens (tertiary/aromatic N) is 4. The number of benzene rings is 5. The number of imidazole rings is 1. The molecular weight excluding hydrogens is 753 g/mol. The van der Waals surface area contributed by atoms with E-state index in [1.54, 1.807) is 20.4 Å². The number of carboxylic acid groups (broad SMARTS) is 1. The van der Waals surface area contributed by atoms with Gasteiger partial charge in [-0.15, -0.1) is 0 Å². The minimum Gasteiger partial charge on any atom is -0.491 e. The fraction of sp³-hybridized carbons (Fsp3) is 0.240. The molecule has 1 fully saturated rings. The quantitative estimate of drug-likeness (QED) is 0.107. The second-order valence-electron chi connectivity index (χ2n) is 15.2. The van der Waals surface area contributed by atoms with Crippen molar-refractivity contribution in [1.82, 2.24) is 19.5 Å².